The van der Waals surface area contributed by atoms with E-state index in [4.69, 9.17) is 4.74 Å². The largest absolute Gasteiger partial charge is 0.454 e. The van der Waals surface area contributed by atoms with E-state index in [1.54, 1.807) is 22.8 Å². The summed E-state index contributed by atoms with van der Waals surface area (Å²) in [6, 6.07) is 5.14. The van der Waals surface area contributed by atoms with Crippen molar-refractivity contribution in [3.63, 3.8) is 0 Å². The average Bonchev–Trinajstić information content (AvgIpc) is 3.14. The summed E-state index contributed by atoms with van der Waals surface area (Å²) in [5, 5.41) is 0.309. The highest BCUT2D eigenvalue weighted by atomic mass is 19.4. The number of aromatic nitrogens is 1. The molecule has 3 nitrogen and oxygen atoms in total. The van der Waals surface area contributed by atoms with Gasteiger partial charge in [-0.15, -0.1) is 0 Å². The van der Waals surface area contributed by atoms with Crippen LogP contribution in [0.3, 0.4) is 0 Å². The van der Waals surface area contributed by atoms with Gasteiger partial charge in [-0.2, -0.15) is 13.2 Å². The van der Waals surface area contributed by atoms with Gasteiger partial charge in [0.05, 0.1) is 12.2 Å². The fourth-order valence-corrected chi connectivity index (χ4v) is 3.03. The first-order valence-electron chi connectivity index (χ1n) is 7.35. The van der Waals surface area contributed by atoms with Gasteiger partial charge in [0, 0.05) is 36.2 Å². The number of hydrogen-bond donors (Lipinski definition) is 0. The third-order valence-corrected chi connectivity index (χ3v) is 4.14. The highest BCUT2D eigenvalue weighted by Gasteiger charge is 2.41. The van der Waals surface area contributed by atoms with Crippen LogP contribution < -0.4 is 0 Å². The van der Waals surface area contributed by atoms with E-state index in [2.05, 4.69) is 6.58 Å². The van der Waals surface area contributed by atoms with Crippen LogP contribution in [0, 0.1) is 5.92 Å². The highest BCUT2D eigenvalue weighted by Crippen LogP contribution is 2.32. The van der Waals surface area contributed by atoms with Crippen LogP contribution in [0.1, 0.15) is 22.3 Å². The summed E-state index contributed by atoms with van der Waals surface area (Å²) in [7, 11) is 0. The molecule has 1 aromatic carbocycles. The molecule has 0 saturated carbocycles. The summed E-state index contributed by atoms with van der Waals surface area (Å²) in [4.78, 5) is 11.8. The summed E-state index contributed by atoms with van der Waals surface area (Å²) in [5.41, 5.74) is 0.820. The monoisotopic (exact) mass is 323 g/mol. The van der Waals surface area contributed by atoms with Gasteiger partial charge in [-0.1, -0.05) is 24.8 Å². The molecule has 1 unspecified atom stereocenters. The van der Waals surface area contributed by atoms with Gasteiger partial charge in [-0.25, -0.2) is 0 Å². The number of benzene rings is 1. The van der Waals surface area contributed by atoms with E-state index in [1.165, 1.54) is 12.3 Å². The zero-order valence-corrected chi connectivity index (χ0v) is 12.4. The van der Waals surface area contributed by atoms with Crippen molar-refractivity contribution in [2.45, 2.75) is 19.1 Å². The number of alkyl halides is 3. The zero-order valence-electron chi connectivity index (χ0n) is 12.4. The molecule has 2 aromatic rings. The van der Waals surface area contributed by atoms with E-state index in [0.29, 0.717) is 36.2 Å². The third kappa shape index (κ3) is 2.91. The van der Waals surface area contributed by atoms with Gasteiger partial charge in [-0.3, -0.25) is 4.79 Å². The fraction of sp³-hybridized carbons (Fsp3) is 0.353. The molecule has 0 aliphatic carbocycles. The Morgan fingerprint density at radius 3 is 2.83 bits per heavy atom. The predicted octanol–water partition coefficient (Wildman–Crippen LogP) is 4.07. The highest BCUT2D eigenvalue weighted by molar-refractivity contribution is 6.12. The Labute approximate surface area is 131 Å². The lowest BCUT2D eigenvalue weighted by molar-refractivity contribution is -0.0884. The van der Waals surface area contributed by atoms with Crippen molar-refractivity contribution in [1.82, 2.24) is 4.57 Å². The Hall–Kier alpha value is -2.08. The lowest BCUT2D eigenvalue weighted by atomic mass is 10.0. The number of hydrogen-bond acceptors (Lipinski definition) is 2. The van der Waals surface area contributed by atoms with Crippen LogP contribution in [0.15, 0.2) is 31.0 Å². The predicted molar refractivity (Wildman–Crippen MR) is 81.3 cm³/mol. The van der Waals surface area contributed by atoms with Crippen LogP contribution in [-0.2, 0) is 11.3 Å². The third-order valence-electron chi connectivity index (χ3n) is 4.14. The summed E-state index contributed by atoms with van der Waals surface area (Å²) >= 11 is 0. The minimum atomic E-state index is -4.90. The summed E-state index contributed by atoms with van der Waals surface area (Å²) < 4.78 is 45.8. The SMILES string of the molecule is C=Cc1cccc2c1c(C(=O)C(F)(F)F)cn2CC1CCOC1. The first-order valence-corrected chi connectivity index (χ1v) is 7.35. The van der Waals surface area contributed by atoms with Crippen molar-refractivity contribution < 1.29 is 22.7 Å². The van der Waals surface area contributed by atoms with Gasteiger partial charge in [0.2, 0.25) is 0 Å². The lowest BCUT2D eigenvalue weighted by Crippen LogP contribution is -2.22. The fourth-order valence-electron chi connectivity index (χ4n) is 3.03. The molecule has 1 fully saturated rings. The molecule has 0 amide bonds. The number of rotatable bonds is 4. The molecule has 1 saturated heterocycles. The van der Waals surface area contributed by atoms with Gasteiger partial charge in [-0.05, 0) is 18.1 Å². The number of carbonyl (C=O) groups excluding carboxylic acids is 1. The van der Waals surface area contributed by atoms with Crippen LogP contribution >= 0.6 is 0 Å². The van der Waals surface area contributed by atoms with Gasteiger partial charge in [0.25, 0.3) is 5.78 Å². The van der Waals surface area contributed by atoms with E-state index in [9.17, 15) is 18.0 Å². The van der Waals surface area contributed by atoms with Crippen LogP contribution in [0.2, 0.25) is 0 Å². The molecule has 1 aliphatic rings. The van der Waals surface area contributed by atoms with Crippen LogP contribution in [-0.4, -0.2) is 29.7 Å². The van der Waals surface area contributed by atoms with Crippen LogP contribution in [0.5, 0.6) is 0 Å². The number of fused-ring (bicyclic) bond motifs is 1. The average molecular weight is 323 g/mol. The summed E-state index contributed by atoms with van der Waals surface area (Å²) in [5.74, 6) is -1.58. The van der Waals surface area contributed by atoms with E-state index < -0.39 is 12.0 Å². The number of nitrogens with zero attached hydrogens (tertiary/aromatic N) is 1. The smallest absolute Gasteiger partial charge is 0.381 e. The van der Waals surface area contributed by atoms with E-state index in [0.717, 1.165) is 6.42 Å². The van der Waals surface area contributed by atoms with Crippen molar-refractivity contribution in [1.29, 1.82) is 0 Å². The molecule has 0 spiro atoms. The minimum Gasteiger partial charge on any atom is -0.381 e. The maximum atomic E-state index is 12.9. The van der Waals surface area contributed by atoms with Gasteiger partial charge < -0.3 is 9.30 Å². The molecular formula is C17H16F3NO2. The molecule has 122 valence electrons. The Morgan fingerprint density at radius 1 is 1.43 bits per heavy atom. The molecule has 6 heteroatoms. The Bertz CT molecular complexity index is 755. The van der Waals surface area contributed by atoms with E-state index in [-0.39, 0.29) is 11.5 Å². The first kappa shape index (κ1) is 15.8. The molecular weight excluding hydrogens is 307 g/mol. The van der Waals surface area contributed by atoms with Crippen LogP contribution in [0.4, 0.5) is 13.2 Å². The topological polar surface area (TPSA) is 31.2 Å². The van der Waals surface area contributed by atoms with E-state index in [1.807, 2.05) is 0 Å². The van der Waals surface area contributed by atoms with Crippen molar-refractivity contribution in [2.24, 2.45) is 5.92 Å². The van der Waals surface area contributed by atoms with Gasteiger partial charge in [0.15, 0.2) is 0 Å². The Kier molecular flexibility index (Phi) is 4.02. The minimum absolute atomic E-state index is 0.242. The van der Waals surface area contributed by atoms with Crippen molar-refractivity contribution in [3.8, 4) is 0 Å². The summed E-state index contributed by atoms with van der Waals surface area (Å²) in [6.07, 6.45) is -1.25. The quantitative estimate of drug-likeness (QED) is 0.794. The van der Waals surface area contributed by atoms with Gasteiger partial charge in [0.1, 0.15) is 0 Å². The standard InChI is InChI=1S/C17H16F3NO2/c1-2-12-4-3-5-14-15(12)13(16(22)17(18,19)20)9-21(14)8-11-6-7-23-10-11/h2-5,9,11H,1,6-8,10H2. The normalized spacial score (nSPS) is 18.5. The number of ether oxygens (including phenoxy) is 1. The molecule has 23 heavy (non-hydrogen) atoms. The molecule has 0 radical (unpaired) electrons. The Balaban J connectivity index is 2.14. The number of halogens is 3. The molecule has 1 atom stereocenters. The van der Waals surface area contributed by atoms with Crippen molar-refractivity contribution in [3.05, 3.63) is 42.1 Å². The second kappa shape index (κ2) is 5.85. The number of Topliss-reactive ketones (excluding diaryl/α,β-unsaturated/α-hetero) is 1. The molecule has 3 rings (SSSR count). The van der Waals surface area contributed by atoms with Crippen molar-refractivity contribution in [2.75, 3.05) is 13.2 Å². The summed E-state index contributed by atoms with van der Waals surface area (Å²) in [6.45, 7) is 5.41. The molecule has 0 bridgehead atoms. The molecule has 2 heterocycles. The maximum absolute atomic E-state index is 12.9. The second-order valence-electron chi connectivity index (χ2n) is 5.70. The number of ketones is 1. The second-order valence-corrected chi connectivity index (χ2v) is 5.70. The number of carbonyl (C=O) groups is 1. The zero-order chi connectivity index (χ0) is 16.6. The first-order chi connectivity index (χ1) is 10.9. The maximum Gasteiger partial charge on any atom is 0.454 e. The molecule has 1 aliphatic heterocycles. The van der Waals surface area contributed by atoms with Gasteiger partial charge >= 0.3 is 6.18 Å². The van der Waals surface area contributed by atoms with E-state index >= 15 is 0 Å². The molecule has 0 N–H and O–H groups in total. The van der Waals surface area contributed by atoms with Crippen molar-refractivity contribution >= 4 is 22.8 Å². The lowest BCUT2D eigenvalue weighted by Gasteiger charge is -2.10. The van der Waals surface area contributed by atoms with Crippen LogP contribution in [0.25, 0.3) is 17.0 Å². The molecule has 1 aromatic heterocycles. The Morgan fingerprint density at radius 2 is 2.22 bits per heavy atom.